The Kier molecular flexibility index (Phi) is 5.13. The van der Waals surface area contributed by atoms with Gasteiger partial charge in [0.1, 0.15) is 0 Å². The number of ether oxygens (including phenoxy) is 1. The topological polar surface area (TPSA) is 64.4 Å². The van der Waals surface area contributed by atoms with Crippen molar-refractivity contribution in [1.82, 2.24) is 5.32 Å². The van der Waals surface area contributed by atoms with Crippen LogP contribution < -0.4 is 5.32 Å². The summed E-state index contributed by atoms with van der Waals surface area (Å²) in [5, 5.41) is 14.7. The second-order valence-electron chi connectivity index (χ2n) is 4.74. The molecule has 1 aromatic rings. The Balaban J connectivity index is 1.91. The van der Waals surface area contributed by atoms with E-state index in [9.17, 15) is 10.1 Å². The Hall–Kier alpha value is -1.17. The molecule has 1 fully saturated rings. The first-order chi connectivity index (χ1) is 9.16. The number of halogens is 1. The summed E-state index contributed by atoms with van der Waals surface area (Å²) in [5.74, 6) is 0.541. The molecule has 1 N–H and O–H groups in total. The van der Waals surface area contributed by atoms with Gasteiger partial charge in [0, 0.05) is 17.7 Å². The van der Waals surface area contributed by atoms with Crippen LogP contribution in [0.2, 0.25) is 5.02 Å². The maximum Gasteiger partial charge on any atom is 0.275 e. The summed E-state index contributed by atoms with van der Waals surface area (Å²) in [6.07, 6.45) is 2.19. The Morgan fingerprint density at radius 3 is 2.84 bits per heavy atom. The largest absolute Gasteiger partial charge is 0.376 e. The fourth-order valence-electron chi connectivity index (χ4n) is 2.23. The van der Waals surface area contributed by atoms with Crippen LogP contribution in [-0.4, -0.2) is 24.6 Å². The minimum Gasteiger partial charge on any atom is -0.376 e. The molecule has 0 atom stereocenters. The highest BCUT2D eigenvalue weighted by Gasteiger charge is 2.16. The third kappa shape index (κ3) is 4.16. The second-order valence-corrected chi connectivity index (χ2v) is 5.18. The number of hydrogen-bond donors (Lipinski definition) is 1. The molecule has 0 bridgehead atoms. The summed E-state index contributed by atoms with van der Waals surface area (Å²) in [6.45, 7) is 2.92. The van der Waals surface area contributed by atoms with E-state index in [1.54, 1.807) is 6.07 Å². The van der Waals surface area contributed by atoms with Gasteiger partial charge < -0.3 is 10.1 Å². The first-order valence-electron chi connectivity index (χ1n) is 6.38. The smallest absolute Gasteiger partial charge is 0.275 e. The van der Waals surface area contributed by atoms with Crippen LogP contribution in [0.25, 0.3) is 0 Å². The van der Waals surface area contributed by atoms with Crippen LogP contribution >= 0.6 is 11.6 Å². The van der Waals surface area contributed by atoms with E-state index in [1.807, 2.05) is 0 Å². The van der Waals surface area contributed by atoms with E-state index >= 15 is 0 Å². The molecule has 1 aliphatic heterocycles. The fraction of sp³-hybridized carbons (Fsp3) is 0.538. The monoisotopic (exact) mass is 284 g/mol. The van der Waals surface area contributed by atoms with Crippen molar-refractivity contribution in [2.24, 2.45) is 5.92 Å². The molecule has 1 aromatic carbocycles. The Labute approximate surface area is 117 Å². The summed E-state index contributed by atoms with van der Waals surface area (Å²) in [5.41, 5.74) is 0.598. The van der Waals surface area contributed by atoms with Crippen molar-refractivity contribution in [3.8, 4) is 0 Å². The molecular formula is C13H17ClN2O3. The summed E-state index contributed by atoms with van der Waals surface area (Å²) in [4.78, 5) is 10.5. The van der Waals surface area contributed by atoms with Gasteiger partial charge in [-0.2, -0.15) is 0 Å². The van der Waals surface area contributed by atoms with E-state index < -0.39 is 4.92 Å². The summed E-state index contributed by atoms with van der Waals surface area (Å²) >= 11 is 5.86. The van der Waals surface area contributed by atoms with E-state index in [0.29, 0.717) is 23.1 Å². The quantitative estimate of drug-likeness (QED) is 0.667. The van der Waals surface area contributed by atoms with E-state index in [2.05, 4.69) is 5.32 Å². The van der Waals surface area contributed by atoms with Gasteiger partial charge in [0.2, 0.25) is 0 Å². The lowest BCUT2D eigenvalue weighted by Crippen LogP contribution is -2.29. The molecule has 1 saturated heterocycles. The van der Waals surface area contributed by atoms with E-state index in [0.717, 1.165) is 25.9 Å². The van der Waals surface area contributed by atoms with Crippen LogP contribution in [0.3, 0.4) is 0 Å². The lowest BCUT2D eigenvalue weighted by Gasteiger charge is -2.22. The molecule has 1 heterocycles. The average Bonchev–Trinajstić information content (AvgIpc) is 2.39. The molecule has 5 nitrogen and oxygen atoms in total. The predicted molar refractivity (Wildman–Crippen MR) is 73.4 cm³/mol. The maximum atomic E-state index is 10.9. The zero-order valence-electron chi connectivity index (χ0n) is 10.6. The third-order valence-electron chi connectivity index (χ3n) is 3.31. The van der Waals surface area contributed by atoms with Gasteiger partial charge in [0.05, 0.1) is 17.1 Å². The highest BCUT2D eigenvalue weighted by Crippen LogP contribution is 2.24. The summed E-state index contributed by atoms with van der Waals surface area (Å²) < 4.78 is 5.61. The van der Waals surface area contributed by atoms with E-state index in [-0.39, 0.29) is 12.3 Å². The van der Waals surface area contributed by atoms with Crippen LogP contribution in [0, 0.1) is 16.0 Å². The number of nitro groups is 1. The van der Waals surface area contributed by atoms with Gasteiger partial charge >= 0.3 is 0 Å². The maximum absolute atomic E-state index is 10.9. The molecule has 0 unspecified atom stereocenters. The zero-order valence-corrected chi connectivity index (χ0v) is 11.4. The van der Waals surface area contributed by atoms with E-state index in [1.165, 1.54) is 12.1 Å². The van der Waals surface area contributed by atoms with Gasteiger partial charge in [-0.15, -0.1) is 0 Å². The molecule has 0 spiro atoms. The number of rotatable bonds is 5. The molecule has 2 rings (SSSR count). The Bertz CT molecular complexity index is 448. The predicted octanol–water partition coefficient (Wildman–Crippen LogP) is 2.76. The summed E-state index contributed by atoms with van der Waals surface area (Å²) in [6, 6.07) is 4.55. The molecule has 6 heteroatoms. The van der Waals surface area contributed by atoms with Crippen molar-refractivity contribution in [2.75, 3.05) is 19.7 Å². The number of nitro benzene ring substituents is 1. The Morgan fingerprint density at radius 2 is 2.16 bits per heavy atom. The van der Waals surface area contributed by atoms with Gasteiger partial charge in [-0.3, -0.25) is 10.1 Å². The molecule has 0 radical (unpaired) electrons. The number of hydrogen-bond acceptors (Lipinski definition) is 4. The number of nitrogens with zero attached hydrogens (tertiary/aromatic N) is 1. The van der Waals surface area contributed by atoms with Crippen LogP contribution in [-0.2, 0) is 11.3 Å². The van der Waals surface area contributed by atoms with Gasteiger partial charge in [-0.1, -0.05) is 11.6 Å². The molecule has 0 amide bonds. The van der Waals surface area contributed by atoms with Gasteiger partial charge in [-0.05, 0) is 44.0 Å². The first kappa shape index (κ1) is 14.2. The lowest BCUT2D eigenvalue weighted by atomic mass is 9.99. The van der Waals surface area contributed by atoms with Crippen molar-refractivity contribution in [1.29, 1.82) is 0 Å². The molecule has 0 saturated carbocycles. The van der Waals surface area contributed by atoms with Crippen LogP contribution in [0.5, 0.6) is 0 Å². The van der Waals surface area contributed by atoms with Crippen molar-refractivity contribution in [3.05, 3.63) is 38.9 Å². The van der Waals surface area contributed by atoms with Crippen LogP contribution in [0.1, 0.15) is 18.4 Å². The second kappa shape index (κ2) is 6.84. The van der Waals surface area contributed by atoms with Gasteiger partial charge in [0.15, 0.2) is 0 Å². The van der Waals surface area contributed by atoms with Crippen molar-refractivity contribution in [3.63, 3.8) is 0 Å². The molecule has 1 aliphatic rings. The van der Waals surface area contributed by atoms with Gasteiger partial charge in [0.25, 0.3) is 5.69 Å². The third-order valence-corrected chi connectivity index (χ3v) is 3.54. The zero-order chi connectivity index (χ0) is 13.7. The molecular weight excluding hydrogens is 268 g/mol. The first-order valence-corrected chi connectivity index (χ1v) is 6.76. The van der Waals surface area contributed by atoms with Crippen molar-refractivity contribution in [2.45, 2.75) is 19.4 Å². The summed E-state index contributed by atoms with van der Waals surface area (Å²) in [7, 11) is 0. The minimum absolute atomic E-state index is 0.0645. The van der Waals surface area contributed by atoms with Crippen molar-refractivity contribution < 1.29 is 9.66 Å². The van der Waals surface area contributed by atoms with Crippen molar-refractivity contribution >= 4 is 17.3 Å². The normalized spacial score (nSPS) is 16.5. The number of piperidine rings is 1. The van der Waals surface area contributed by atoms with Gasteiger partial charge in [-0.25, -0.2) is 0 Å². The molecule has 104 valence electrons. The Morgan fingerprint density at radius 1 is 1.42 bits per heavy atom. The van der Waals surface area contributed by atoms with E-state index in [4.69, 9.17) is 16.3 Å². The standard InChI is InChI=1S/C13H17ClN2O3/c14-12-1-2-13(16(17)18)11(7-12)9-19-8-10-3-5-15-6-4-10/h1-2,7,10,15H,3-6,8-9H2. The minimum atomic E-state index is -0.403. The van der Waals surface area contributed by atoms with Crippen LogP contribution in [0.15, 0.2) is 18.2 Å². The molecule has 19 heavy (non-hydrogen) atoms. The van der Waals surface area contributed by atoms with Crippen LogP contribution in [0.4, 0.5) is 5.69 Å². The lowest BCUT2D eigenvalue weighted by molar-refractivity contribution is -0.386. The number of nitrogens with one attached hydrogen (secondary N) is 1. The highest BCUT2D eigenvalue weighted by atomic mass is 35.5. The average molecular weight is 285 g/mol. The molecule has 0 aliphatic carbocycles. The highest BCUT2D eigenvalue weighted by molar-refractivity contribution is 6.30. The molecule has 0 aromatic heterocycles. The fourth-order valence-corrected chi connectivity index (χ4v) is 2.43. The SMILES string of the molecule is O=[N+]([O-])c1ccc(Cl)cc1COCC1CCNCC1. The number of benzene rings is 1.